The Morgan fingerprint density at radius 2 is 1.72 bits per heavy atom. The number of carbonyl (C=O) groups excluding carboxylic acids is 2. The Hall–Kier alpha value is -3.94. The Labute approximate surface area is 167 Å². The molecule has 1 aliphatic heterocycles. The summed E-state index contributed by atoms with van der Waals surface area (Å²) in [5.74, 6) is 0.906. The van der Waals surface area contributed by atoms with Crippen LogP contribution in [0.3, 0.4) is 0 Å². The van der Waals surface area contributed by atoms with Gasteiger partial charge >= 0.3 is 12.0 Å². The van der Waals surface area contributed by atoms with Crippen LogP contribution in [0.1, 0.15) is 12.0 Å². The van der Waals surface area contributed by atoms with Gasteiger partial charge in [-0.05, 0) is 17.7 Å². The van der Waals surface area contributed by atoms with Gasteiger partial charge in [0.25, 0.3) is 0 Å². The third kappa shape index (κ3) is 4.67. The van der Waals surface area contributed by atoms with Crippen molar-refractivity contribution in [3.05, 3.63) is 72.6 Å². The first-order valence-corrected chi connectivity index (χ1v) is 9.05. The van der Waals surface area contributed by atoms with Gasteiger partial charge < -0.3 is 9.47 Å². The van der Waals surface area contributed by atoms with E-state index < -0.39 is 6.03 Å². The van der Waals surface area contributed by atoms with Crippen LogP contribution in [-0.2, 0) is 11.4 Å². The zero-order valence-corrected chi connectivity index (χ0v) is 15.4. The van der Waals surface area contributed by atoms with Crippen molar-refractivity contribution in [2.45, 2.75) is 13.0 Å². The summed E-state index contributed by atoms with van der Waals surface area (Å²) in [5, 5.41) is 2.26. The van der Waals surface area contributed by atoms with Crippen LogP contribution in [0.15, 0.2) is 67.0 Å². The number of aromatic nitrogens is 2. The highest BCUT2D eigenvalue weighted by atomic mass is 16.5. The summed E-state index contributed by atoms with van der Waals surface area (Å²) in [6, 6.07) is 16.7. The van der Waals surface area contributed by atoms with E-state index in [0.29, 0.717) is 23.8 Å². The van der Waals surface area contributed by atoms with Gasteiger partial charge in [0.05, 0.1) is 18.1 Å². The predicted octanol–water partition coefficient (Wildman–Crippen LogP) is 3.29. The van der Waals surface area contributed by atoms with E-state index in [0.717, 1.165) is 5.56 Å². The first kappa shape index (κ1) is 18.4. The van der Waals surface area contributed by atoms with E-state index in [1.54, 1.807) is 12.1 Å². The van der Waals surface area contributed by atoms with E-state index in [4.69, 9.17) is 9.47 Å². The second-order valence-corrected chi connectivity index (χ2v) is 6.33. The van der Waals surface area contributed by atoms with Crippen LogP contribution >= 0.6 is 0 Å². The van der Waals surface area contributed by atoms with Crippen molar-refractivity contribution in [3.63, 3.8) is 0 Å². The fourth-order valence-corrected chi connectivity index (χ4v) is 2.79. The molecule has 0 radical (unpaired) electrons. The van der Waals surface area contributed by atoms with Crippen molar-refractivity contribution in [2.24, 2.45) is 0 Å². The van der Waals surface area contributed by atoms with Crippen molar-refractivity contribution in [3.8, 4) is 17.5 Å². The zero-order chi connectivity index (χ0) is 20.1. The van der Waals surface area contributed by atoms with Crippen molar-refractivity contribution < 1.29 is 19.1 Å². The molecule has 0 spiro atoms. The van der Waals surface area contributed by atoms with Crippen LogP contribution in [-0.4, -0.2) is 28.5 Å². The molecule has 3 aromatic rings. The van der Waals surface area contributed by atoms with Crippen molar-refractivity contribution in [1.82, 2.24) is 15.3 Å². The molecule has 1 aromatic heterocycles. The number of urea groups is 1. The second kappa shape index (κ2) is 8.39. The number of nitrogens with zero attached hydrogens (tertiary/aromatic N) is 3. The summed E-state index contributed by atoms with van der Waals surface area (Å²) >= 11 is 0. The Kier molecular flexibility index (Phi) is 5.33. The SMILES string of the molecule is O=C1CCN(c2cnc(Oc3cccc(OCc4ccccc4)c3)nc2)C(=O)N1. The Morgan fingerprint density at radius 1 is 0.966 bits per heavy atom. The van der Waals surface area contributed by atoms with Gasteiger partial charge in [0.15, 0.2) is 0 Å². The molecule has 29 heavy (non-hydrogen) atoms. The molecule has 2 heterocycles. The standard InChI is InChI=1S/C21H18N4O4/c26-19-9-10-25(21(27)24-19)16-12-22-20(23-13-16)29-18-8-4-7-17(11-18)28-14-15-5-2-1-3-6-15/h1-8,11-13H,9-10,14H2,(H,24,26,27). The lowest BCUT2D eigenvalue weighted by Crippen LogP contribution is -2.49. The van der Waals surface area contributed by atoms with E-state index in [9.17, 15) is 9.59 Å². The third-order valence-corrected chi connectivity index (χ3v) is 4.24. The van der Waals surface area contributed by atoms with Gasteiger partial charge in [0, 0.05) is 19.0 Å². The number of hydrogen-bond acceptors (Lipinski definition) is 6. The number of nitrogens with one attached hydrogen (secondary N) is 1. The number of ether oxygens (including phenoxy) is 2. The van der Waals surface area contributed by atoms with Crippen molar-refractivity contribution in [2.75, 3.05) is 11.4 Å². The molecule has 0 aliphatic carbocycles. The minimum atomic E-state index is -0.484. The summed E-state index contributed by atoms with van der Waals surface area (Å²) in [6.45, 7) is 0.741. The molecule has 0 saturated carbocycles. The summed E-state index contributed by atoms with van der Waals surface area (Å²) in [7, 11) is 0. The molecule has 1 saturated heterocycles. The van der Waals surface area contributed by atoms with Gasteiger partial charge in [-0.2, -0.15) is 0 Å². The largest absolute Gasteiger partial charge is 0.489 e. The molecule has 1 N–H and O–H groups in total. The first-order valence-electron chi connectivity index (χ1n) is 9.05. The molecule has 1 fully saturated rings. The maximum atomic E-state index is 11.9. The molecule has 0 bridgehead atoms. The van der Waals surface area contributed by atoms with Gasteiger partial charge in [0.2, 0.25) is 5.91 Å². The molecule has 8 nitrogen and oxygen atoms in total. The van der Waals surface area contributed by atoms with E-state index >= 15 is 0 Å². The van der Waals surface area contributed by atoms with Gasteiger partial charge in [0.1, 0.15) is 18.1 Å². The minimum Gasteiger partial charge on any atom is -0.489 e. The fraction of sp³-hybridized carbons (Fsp3) is 0.143. The lowest BCUT2D eigenvalue weighted by atomic mass is 10.2. The Balaban J connectivity index is 1.39. The molecule has 146 valence electrons. The van der Waals surface area contributed by atoms with Crippen molar-refractivity contribution in [1.29, 1.82) is 0 Å². The average molecular weight is 390 g/mol. The molecular weight excluding hydrogens is 372 g/mol. The van der Waals surface area contributed by atoms with E-state index in [2.05, 4.69) is 15.3 Å². The highest BCUT2D eigenvalue weighted by molar-refractivity contribution is 6.05. The van der Waals surface area contributed by atoms with E-state index in [1.807, 2.05) is 42.5 Å². The topological polar surface area (TPSA) is 93.7 Å². The quantitative estimate of drug-likeness (QED) is 0.694. The zero-order valence-electron chi connectivity index (χ0n) is 15.4. The number of amides is 3. The van der Waals surface area contributed by atoms with Crippen LogP contribution < -0.4 is 19.7 Å². The summed E-state index contributed by atoms with van der Waals surface area (Å²) in [5.41, 5.74) is 1.56. The lowest BCUT2D eigenvalue weighted by molar-refractivity contribution is -0.120. The number of hydrogen-bond donors (Lipinski definition) is 1. The van der Waals surface area contributed by atoms with Gasteiger partial charge in [-0.25, -0.2) is 14.8 Å². The Bertz CT molecular complexity index is 1010. The normalized spacial score (nSPS) is 13.7. The monoisotopic (exact) mass is 390 g/mol. The first-order chi connectivity index (χ1) is 14.2. The summed E-state index contributed by atoms with van der Waals surface area (Å²) < 4.78 is 11.5. The van der Waals surface area contributed by atoms with Gasteiger partial charge in [-0.15, -0.1) is 0 Å². The smallest absolute Gasteiger partial charge is 0.328 e. The maximum Gasteiger partial charge on any atom is 0.328 e. The highest BCUT2D eigenvalue weighted by Gasteiger charge is 2.24. The van der Waals surface area contributed by atoms with Crippen LogP contribution in [0.2, 0.25) is 0 Å². The van der Waals surface area contributed by atoms with Crippen LogP contribution in [0, 0.1) is 0 Å². The van der Waals surface area contributed by atoms with Crippen LogP contribution in [0.25, 0.3) is 0 Å². The molecule has 3 amide bonds. The third-order valence-electron chi connectivity index (χ3n) is 4.24. The average Bonchev–Trinajstić information content (AvgIpc) is 2.74. The molecule has 8 heteroatoms. The minimum absolute atomic E-state index is 0.141. The van der Waals surface area contributed by atoms with Crippen LogP contribution in [0.4, 0.5) is 10.5 Å². The number of anilines is 1. The molecule has 0 atom stereocenters. The maximum absolute atomic E-state index is 11.9. The number of imide groups is 1. The predicted molar refractivity (Wildman–Crippen MR) is 105 cm³/mol. The number of rotatable bonds is 6. The fourth-order valence-electron chi connectivity index (χ4n) is 2.79. The summed E-state index contributed by atoms with van der Waals surface area (Å²) in [4.78, 5) is 32.8. The van der Waals surface area contributed by atoms with Crippen LogP contribution in [0.5, 0.6) is 17.5 Å². The van der Waals surface area contributed by atoms with Gasteiger partial charge in [-0.1, -0.05) is 36.4 Å². The second-order valence-electron chi connectivity index (χ2n) is 6.33. The van der Waals surface area contributed by atoms with E-state index in [1.165, 1.54) is 17.3 Å². The Morgan fingerprint density at radius 3 is 2.48 bits per heavy atom. The van der Waals surface area contributed by atoms with Gasteiger partial charge in [-0.3, -0.25) is 15.0 Å². The lowest BCUT2D eigenvalue weighted by Gasteiger charge is -2.25. The molecule has 2 aromatic carbocycles. The van der Waals surface area contributed by atoms with Crippen molar-refractivity contribution >= 4 is 17.6 Å². The highest BCUT2D eigenvalue weighted by Crippen LogP contribution is 2.24. The molecular formula is C21H18N4O4. The molecule has 0 unspecified atom stereocenters. The summed E-state index contributed by atoms with van der Waals surface area (Å²) in [6.07, 6.45) is 3.20. The molecule has 1 aliphatic rings. The van der Waals surface area contributed by atoms with E-state index in [-0.39, 0.29) is 24.9 Å². The number of carbonyl (C=O) groups is 2. The number of benzene rings is 2. The molecule has 4 rings (SSSR count).